The summed E-state index contributed by atoms with van der Waals surface area (Å²) >= 11 is 0. The minimum atomic E-state index is -0.465. The van der Waals surface area contributed by atoms with Crippen LogP contribution >= 0.6 is 0 Å². The molecular formula is C19H27N3O2. The van der Waals surface area contributed by atoms with Gasteiger partial charge in [-0.15, -0.1) is 0 Å². The number of aliphatic hydroxyl groups is 1. The van der Waals surface area contributed by atoms with Gasteiger partial charge in [-0.1, -0.05) is 12.1 Å². The molecule has 5 nitrogen and oxygen atoms in total. The molecule has 5 heteroatoms. The molecule has 130 valence electrons. The van der Waals surface area contributed by atoms with Gasteiger partial charge in [0.05, 0.1) is 6.33 Å². The number of aromatic nitrogens is 2. The quantitative estimate of drug-likeness (QED) is 0.767. The lowest BCUT2D eigenvalue weighted by Gasteiger charge is -2.35. The molecule has 0 bridgehead atoms. The van der Waals surface area contributed by atoms with Gasteiger partial charge in [-0.3, -0.25) is 0 Å². The predicted molar refractivity (Wildman–Crippen MR) is 94.1 cm³/mol. The van der Waals surface area contributed by atoms with Gasteiger partial charge in [0.15, 0.2) is 0 Å². The molecule has 3 rings (SSSR count). The average molecular weight is 329 g/mol. The van der Waals surface area contributed by atoms with Crippen LogP contribution in [0.5, 0.6) is 5.75 Å². The second kappa shape index (κ2) is 8.31. The first-order valence-electron chi connectivity index (χ1n) is 8.83. The van der Waals surface area contributed by atoms with Crippen molar-refractivity contribution in [3.05, 3.63) is 48.5 Å². The van der Waals surface area contributed by atoms with Crippen molar-refractivity contribution in [3.8, 4) is 5.75 Å². The summed E-state index contributed by atoms with van der Waals surface area (Å²) in [5.41, 5.74) is 1.17. The maximum Gasteiger partial charge on any atom is 0.126 e. The lowest BCUT2D eigenvalue weighted by molar-refractivity contribution is -0.0153. The summed E-state index contributed by atoms with van der Waals surface area (Å²) in [6.45, 7) is 3.88. The van der Waals surface area contributed by atoms with Crippen molar-refractivity contribution in [3.63, 3.8) is 0 Å². The highest BCUT2D eigenvalue weighted by atomic mass is 16.5. The van der Waals surface area contributed by atoms with Crippen molar-refractivity contribution in [1.82, 2.24) is 14.9 Å². The summed E-state index contributed by atoms with van der Waals surface area (Å²) in [7, 11) is 0. The van der Waals surface area contributed by atoms with E-state index in [0.717, 1.165) is 44.5 Å². The summed E-state index contributed by atoms with van der Waals surface area (Å²) in [6.07, 6.45) is 9.01. The first-order chi connectivity index (χ1) is 11.7. The van der Waals surface area contributed by atoms with Crippen LogP contribution in [-0.4, -0.2) is 39.5 Å². The van der Waals surface area contributed by atoms with E-state index >= 15 is 0 Å². The van der Waals surface area contributed by atoms with Crippen LogP contribution in [0.4, 0.5) is 0 Å². The standard InChI is InChI=1S/C19H27N3O2/c1-15-5-2-6-16(13-15)24-18-8-3-7-17(19(18)23)21-9-4-11-22-12-10-20-14-22/h2,5-6,10,12-14,17-19,21,23H,3-4,7-9,11H2,1H3/t17-,18+,19+/m0/s1. The van der Waals surface area contributed by atoms with Gasteiger partial charge in [0.2, 0.25) is 0 Å². The zero-order valence-electron chi connectivity index (χ0n) is 14.3. The molecule has 1 fully saturated rings. The highest BCUT2D eigenvalue weighted by Crippen LogP contribution is 2.25. The van der Waals surface area contributed by atoms with Crippen molar-refractivity contribution in [2.24, 2.45) is 0 Å². The summed E-state index contributed by atoms with van der Waals surface area (Å²) in [5.74, 6) is 0.847. The van der Waals surface area contributed by atoms with Crippen molar-refractivity contribution >= 4 is 0 Å². The van der Waals surface area contributed by atoms with Crippen LogP contribution in [-0.2, 0) is 6.54 Å². The molecule has 1 aromatic carbocycles. The number of ether oxygens (including phenoxy) is 1. The number of hydrogen-bond donors (Lipinski definition) is 2. The van der Waals surface area contributed by atoms with E-state index in [9.17, 15) is 5.11 Å². The number of aliphatic hydroxyl groups excluding tert-OH is 1. The minimum absolute atomic E-state index is 0.108. The SMILES string of the molecule is Cc1cccc(O[C@@H]2CCC[C@H](NCCCn3ccnc3)[C@H]2O)c1. The topological polar surface area (TPSA) is 59.3 Å². The van der Waals surface area contributed by atoms with E-state index in [-0.39, 0.29) is 12.1 Å². The Morgan fingerprint density at radius 3 is 3.08 bits per heavy atom. The third kappa shape index (κ3) is 4.58. The number of nitrogens with one attached hydrogen (secondary N) is 1. The zero-order valence-corrected chi connectivity index (χ0v) is 14.3. The third-order valence-corrected chi connectivity index (χ3v) is 4.63. The molecule has 0 amide bonds. The Hall–Kier alpha value is -1.85. The van der Waals surface area contributed by atoms with E-state index in [1.54, 1.807) is 6.20 Å². The van der Waals surface area contributed by atoms with Gasteiger partial charge in [-0.05, 0) is 56.8 Å². The third-order valence-electron chi connectivity index (χ3n) is 4.63. The van der Waals surface area contributed by atoms with Crippen LogP contribution in [0.25, 0.3) is 0 Å². The number of nitrogens with zero attached hydrogens (tertiary/aromatic N) is 2. The Labute approximate surface area is 143 Å². The smallest absolute Gasteiger partial charge is 0.126 e. The minimum Gasteiger partial charge on any atom is -0.488 e. The second-order valence-electron chi connectivity index (χ2n) is 6.61. The van der Waals surface area contributed by atoms with Crippen LogP contribution in [0, 0.1) is 6.92 Å². The molecule has 2 N–H and O–H groups in total. The lowest BCUT2D eigenvalue weighted by atomic mass is 9.89. The Bertz CT molecular complexity index is 615. The van der Waals surface area contributed by atoms with Crippen LogP contribution in [0.2, 0.25) is 0 Å². The zero-order chi connectivity index (χ0) is 16.8. The first-order valence-corrected chi connectivity index (χ1v) is 8.83. The highest BCUT2D eigenvalue weighted by Gasteiger charge is 2.32. The summed E-state index contributed by atoms with van der Waals surface area (Å²) in [4.78, 5) is 4.04. The molecule has 1 aromatic heterocycles. The molecule has 1 aliphatic rings. The molecule has 0 saturated heterocycles. The monoisotopic (exact) mass is 329 g/mol. The number of aryl methyl sites for hydroxylation is 2. The van der Waals surface area contributed by atoms with E-state index in [2.05, 4.69) is 27.9 Å². The number of hydrogen-bond acceptors (Lipinski definition) is 4. The van der Waals surface area contributed by atoms with Crippen molar-refractivity contribution in [1.29, 1.82) is 0 Å². The number of imidazole rings is 1. The number of rotatable bonds is 7. The molecule has 1 aliphatic carbocycles. The van der Waals surface area contributed by atoms with Crippen LogP contribution in [0.1, 0.15) is 31.2 Å². The van der Waals surface area contributed by atoms with Gasteiger partial charge in [0.25, 0.3) is 0 Å². The lowest BCUT2D eigenvalue weighted by Crippen LogP contribution is -2.51. The van der Waals surface area contributed by atoms with Gasteiger partial charge in [0.1, 0.15) is 18.0 Å². The molecular weight excluding hydrogens is 302 g/mol. The molecule has 0 unspecified atom stereocenters. The number of benzene rings is 1. The molecule has 3 atom stereocenters. The van der Waals surface area contributed by atoms with Gasteiger partial charge in [-0.2, -0.15) is 0 Å². The Morgan fingerprint density at radius 1 is 1.38 bits per heavy atom. The highest BCUT2D eigenvalue weighted by molar-refractivity contribution is 5.27. The van der Waals surface area contributed by atoms with E-state index in [1.165, 1.54) is 5.56 Å². The maximum absolute atomic E-state index is 10.6. The normalized spacial score (nSPS) is 24.0. The van der Waals surface area contributed by atoms with Gasteiger partial charge < -0.3 is 19.7 Å². The van der Waals surface area contributed by atoms with Crippen molar-refractivity contribution in [2.75, 3.05) is 6.54 Å². The van der Waals surface area contributed by atoms with Crippen LogP contribution in [0.15, 0.2) is 43.0 Å². The molecule has 0 spiro atoms. The Kier molecular flexibility index (Phi) is 5.88. The van der Waals surface area contributed by atoms with Crippen LogP contribution in [0.3, 0.4) is 0 Å². The fourth-order valence-corrected chi connectivity index (χ4v) is 3.32. The Morgan fingerprint density at radius 2 is 2.29 bits per heavy atom. The van der Waals surface area contributed by atoms with E-state index < -0.39 is 6.10 Å². The summed E-state index contributed by atoms with van der Waals surface area (Å²) < 4.78 is 8.11. The average Bonchev–Trinajstić information content (AvgIpc) is 3.08. The molecule has 2 aromatic rings. The van der Waals surface area contributed by atoms with E-state index in [1.807, 2.05) is 30.7 Å². The first kappa shape index (κ1) is 17.0. The van der Waals surface area contributed by atoms with Crippen molar-refractivity contribution < 1.29 is 9.84 Å². The molecule has 24 heavy (non-hydrogen) atoms. The van der Waals surface area contributed by atoms with Gasteiger partial charge >= 0.3 is 0 Å². The fourth-order valence-electron chi connectivity index (χ4n) is 3.32. The van der Waals surface area contributed by atoms with Crippen LogP contribution < -0.4 is 10.1 Å². The molecule has 1 saturated carbocycles. The molecule has 0 aliphatic heterocycles. The van der Waals surface area contributed by atoms with E-state index in [0.29, 0.717) is 0 Å². The van der Waals surface area contributed by atoms with E-state index in [4.69, 9.17) is 4.74 Å². The Balaban J connectivity index is 1.46. The summed E-state index contributed by atoms with van der Waals surface area (Å²) in [5, 5.41) is 14.1. The summed E-state index contributed by atoms with van der Waals surface area (Å²) in [6, 6.07) is 8.13. The maximum atomic E-state index is 10.6. The van der Waals surface area contributed by atoms with Crippen molar-refractivity contribution in [2.45, 2.75) is 57.4 Å². The van der Waals surface area contributed by atoms with Gasteiger partial charge in [-0.25, -0.2) is 4.98 Å². The fraction of sp³-hybridized carbons (Fsp3) is 0.526. The second-order valence-corrected chi connectivity index (χ2v) is 6.61. The largest absolute Gasteiger partial charge is 0.488 e. The van der Waals surface area contributed by atoms with Gasteiger partial charge in [0, 0.05) is 25.0 Å². The predicted octanol–water partition coefficient (Wildman–Crippen LogP) is 2.53. The molecule has 1 heterocycles. The molecule has 0 radical (unpaired) electrons.